The highest BCUT2D eigenvalue weighted by Crippen LogP contribution is 2.28. The van der Waals surface area contributed by atoms with Gasteiger partial charge < -0.3 is 9.84 Å². The van der Waals surface area contributed by atoms with Crippen LogP contribution in [-0.4, -0.2) is 30.7 Å². The number of thioether (sulfide) groups is 1. The van der Waals surface area contributed by atoms with Crippen LogP contribution < -0.4 is 4.74 Å². The predicted molar refractivity (Wildman–Crippen MR) is 95.3 cm³/mol. The first-order chi connectivity index (χ1) is 10.2. The Balaban J connectivity index is 1.75. The molecule has 6 heteroatoms. The molecule has 0 atom stereocenters. The van der Waals surface area contributed by atoms with Crippen LogP contribution in [0.4, 0.5) is 0 Å². The van der Waals surface area contributed by atoms with Gasteiger partial charge in [0.05, 0.1) is 10.9 Å². The van der Waals surface area contributed by atoms with Crippen molar-refractivity contribution in [1.29, 1.82) is 0 Å². The monoisotopic (exact) mass is 385 g/mol. The van der Waals surface area contributed by atoms with E-state index in [0.717, 1.165) is 18.1 Å². The molecule has 1 N–H and O–H groups in total. The molecule has 0 bridgehead atoms. The Labute approximate surface area is 141 Å². The first kappa shape index (κ1) is 16.4. The fourth-order valence-electron chi connectivity index (χ4n) is 1.69. The second-order valence-electron chi connectivity index (χ2n) is 4.19. The Bertz CT molecular complexity index is 613. The molecule has 0 aliphatic carbocycles. The number of ether oxygens (including phenoxy) is 1. The lowest BCUT2D eigenvalue weighted by Crippen LogP contribution is -1.91. The average molecular weight is 386 g/mol. The number of methoxy groups -OCH3 is 1. The van der Waals surface area contributed by atoms with Crippen LogP contribution in [0.25, 0.3) is 0 Å². The number of halogens is 1. The standard InChI is InChI=1S/C15H16BrNO2S2/c1-19-13-4-2-3-11(15(13)18)9-17-7-8-20-10-12-5-6-14(16)21-12/h2-6,9,18H,7-8,10H2,1H3. The Morgan fingerprint density at radius 3 is 2.95 bits per heavy atom. The van der Waals surface area contributed by atoms with Crippen molar-refractivity contribution in [2.75, 3.05) is 19.4 Å². The molecule has 1 heterocycles. The van der Waals surface area contributed by atoms with Crippen molar-refractivity contribution >= 4 is 45.2 Å². The molecule has 0 aliphatic rings. The molecule has 2 aromatic rings. The van der Waals surface area contributed by atoms with E-state index in [4.69, 9.17) is 4.74 Å². The van der Waals surface area contributed by atoms with Gasteiger partial charge in [0.2, 0.25) is 0 Å². The normalized spacial score (nSPS) is 11.1. The number of hydrogen-bond acceptors (Lipinski definition) is 5. The molecule has 0 saturated heterocycles. The number of nitrogens with zero attached hydrogens (tertiary/aromatic N) is 1. The van der Waals surface area contributed by atoms with Gasteiger partial charge in [0, 0.05) is 34.7 Å². The van der Waals surface area contributed by atoms with Crippen LogP contribution in [-0.2, 0) is 5.75 Å². The van der Waals surface area contributed by atoms with Crippen molar-refractivity contribution in [3.8, 4) is 11.5 Å². The van der Waals surface area contributed by atoms with Gasteiger partial charge in [-0.1, -0.05) is 6.07 Å². The SMILES string of the molecule is COc1cccc(C=NCCSCc2ccc(Br)s2)c1O. The molecular weight excluding hydrogens is 370 g/mol. The summed E-state index contributed by atoms with van der Waals surface area (Å²) in [5.74, 6) is 2.57. The third-order valence-corrected chi connectivity index (χ3v) is 5.51. The van der Waals surface area contributed by atoms with Crippen molar-refractivity contribution in [2.24, 2.45) is 4.99 Å². The second kappa shape index (κ2) is 8.46. The minimum atomic E-state index is 0.139. The highest BCUT2D eigenvalue weighted by atomic mass is 79.9. The molecule has 0 amide bonds. The number of phenolic OH excluding ortho intramolecular Hbond substituents is 1. The van der Waals surface area contributed by atoms with E-state index in [1.807, 2.05) is 23.9 Å². The zero-order valence-electron chi connectivity index (χ0n) is 11.6. The molecule has 0 aliphatic heterocycles. The number of phenols is 1. The van der Waals surface area contributed by atoms with Gasteiger partial charge in [0.1, 0.15) is 0 Å². The van der Waals surface area contributed by atoms with E-state index in [1.165, 1.54) is 15.8 Å². The maximum Gasteiger partial charge on any atom is 0.166 e. The lowest BCUT2D eigenvalue weighted by molar-refractivity contribution is 0.373. The molecule has 2 rings (SSSR count). The Morgan fingerprint density at radius 2 is 2.24 bits per heavy atom. The van der Waals surface area contributed by atoms with Crippen molar-refractivity contribution in [3.05, 3.63) is 44.6 Å². The molecule has 3 nitrogen and oxygen atoms in total. The topological polar surface area (TPSA) is 41.8 Å². The summed E-state index contributed by atoms with van der Waals surface area (Å²) in [4.78, 5) is 5.71. The molecule has 0 unspecified atom stereocenters. The van der Waals surface area contributed by atoms with Gasteiger partial charge in [-0.05, 0) is 40.2 Å². The number of rotatable bonds is 7. The molecule has 112 valence electrons. The average Bonchev–Trinajstić information content (AvgIpc) is 2.90. The third kappa shape index (κ3) is 5.05. The van der Waals surface area contributed by atoms with E-state index in [1.54, 1.807) is 23.6 Å². The van der Waals surface area contributed by atoms with Crippen molar-refractivity contribution in [3.63, 3.8) is 0 Å². The number of thiophene rings is 1. The van der Waals surface area contributed by atoms with Crippen LogP contribution in [0, 0.1) is 0 Å². The summed E-state index contributed by atoms with van der Waals surface area (Å²) in [5, 5.41) is 9.92. The molecule has 21 heavy (non-hydrogen) atoms. The minimum Gasteiger partial charge on any atom is -0.504 e. The van der Waals surface area contributed by atoms with Crippen LogP contribution in [0.2, 0.25) is 0 Å². The van der Waals surface area contributed by atoms with Gasteiger partial charge in [-0.15, -0.1) is 11.3 Å². The quantitative estimate of drug-likeness (QED) is 0.560. The first-order valence-electron chi connectivity index (χ1n) is 6.38. The lowest BCUT2D eigenvalue weighted by Gasteiger charge is -2.04. The maximum atomic E-state index is 9.92. The number of hydrogen-bond donors (Lipinski definition) is 1. The molecule has 0 radical (unpaired) electrons. The summed E-state index contributed by atoms with van der Waals surface area (Å²) in [6, 6.07) is 9.59. The van der Waals surface area contributed by atoms with Gasteiger partial charge in [-0.3, -0.25) is 4.99 Å². The summed E-state index contributed by atoms with van der Waals surface area (Å²) in [6.07, 6.45) is 1.69. The Hall–Kier alpha value is -0.980. The van der Waals surface area contributed by atoms with E-state index >= 15 is 0 Å². The largest absolute Gasteiger partial charge is 0.504 e. The zero-order valence-corrected chi connectivity index (χ0v) is 14.8. The van der Waals surface area contributed by atoms with Gasteiger partial charge in [0.25, 0.3) is 0 Å². The molecule has 0 spiro atoms. The summed E-state index contributed by atoms with van der Waals surface area (Å²) in [7, 11) is 1.54. The number of benzene rings is 1. The summed E-state index contributed by atoms with van der Waals surface area (Å²) in [5.41, 5.74) is 0.682. The van der Waals surface area contributed by atoms with Crippen molar-refractivity contribution < 1.29 is 9.84 Å². The highest BCUT2D eigenvalue weighted by Gasteiger charge is 2.04. The van der Waals surface area contributed by atoms with E-state index < -0.39 is 0 Å². The van der Waals surface area contributed by atoms with Crippen LogP contribution in [0.3, 0.4) is 0 Å². The molecule has 0 fully saturated rings. The Kier molecular flexibility index (Phi) is 6.60. The second-order valence-corrected chi connectivity index (χ2v) is 7.84. The zero-order chi connectivity index (χ0) is 15.1. The molecular formula is C15H16BrNO2S2. The summed E-state index contributed by atoms with van der Waals surface area (Å²) >= 11 is 7.08. The predicted octanol–water partition coefficient (Wildman–Crippen LogP) is 4.58. The molecule has 1 aromatic heterocycles. The number of aromatic hydroxyl groups is 1. The Morgan fingerprint density at radius 1 is 1.38 bits per heavy atom. The van der Waals surface area contributed by atoms with Crippen molar-refractivity contribution in [2.45, 2.75) is 5.75 Å². The fourth-order valence-corrected chi connectivity index (χ4v) is 4.13. The molecule has 0 saturated carbocycles. The number of para-hydroxylation sites is 1. The summed E-state index contributed by atoms with van der Waals surface area (Å²) < 4.78 is 6.23. The first-order valence-corrected chi connectivity index (χ1v) is 9.15. The minimum absolute atomic E-state index is 0.139. The molecule has 1 aromatic carbocycles. The van der Waals surface area contributed by atoms with Crippen LogP contribution in [0.1, 0.15) is 10.4 Å². The third-order valence-electron chi connectivity index (χ3n) is 2.72. The van der Waals surface area contributed by atoms with Gasteiger partial charge in [-0.2, -0.15) is 11.8 Å². The maximum absolute atomic E-state index is 9.92. The lowest BCUT2D eigenvalue weighted by atomic mass is 10.2. The highest BCUT2D eigenvalue weighted by molar-refractivity contribution is 9.11. The van der Waals surface area contributed by atoms with Crippen LogP contribution in [0.15, 0.2) is 39.1 Å². The van der Waals surface area contributed by atoms with E-state index in [2.05, 4.69) is 33.1 Å². The van der Waals surface area contributed by atoms with Gasteiger partial charge >= 0.3 is 0 Å². The van der Waals surface area contributed by atoms with Gasteiger partial charge in [-0.25, -0.2) is 0 Å². The fraction of sp³-hybridized carbons (Fsp3) is 0.267. The smallest absolute Gasteiger partial charge is 0.166 e. The van der Waals surface area contributed by atoms with Crippen LogP contribution >= 0.6 is 39.0 Å². The van der Waals surface area contributed by atoms with Crippen LogP contribution in [0.5, 0.6) is 11.5 Å². The van der Waals surface area contributed by atoms with Gasteiger partial charge in [0.15, 0.2) is 11.5 Å². The van der Waals surface area contributed by atoms with E-state index in [-0.39, 0.29) is 5.75 Å². The summed E-state index contributed by atoms with van der Waals surface area (Å²) in [6.45, 7) is 0.730. The van der Waals surface area contributed by atoms with Crippen molar-refractivity contribution in [1.82, 2.24) is 0 Å². The van der Waals surface area contributed by atoms with E-state index in [0.29, 0.717) is 11.3 Å². The number of aliphatic imine (C=N–C) groups is 1. The van der Waals surface area contributed by atoms with E-state index in [9.17, 15) is 5.11 Å².